The van der Waals surface area contributed by atoms with E-state index < -0.39 is 34.6 Å². The van der Waals surface area contributed by atoms with Gasteiger partial charge >= 0.3 is 6.18 Å². The highest BCUT2D eigenvalue weighted by atomic mass is 35.5. The third-order valence-electron chi connectivity index (χ3n) is 3.64. The molecule has 22 heavy (non-hydrogen) atoms. The lowest BCUT2D eigenvalue weighted by Crippen LogP contribution is -2.55. The van der Waals surface area contributed by atoms with Crippen LogP contribution in [-0.4, -0.2) is 18.0 Å². The number of amides is 1. The van der Waals surface area contributed by atoms with Crippen molar-refractivity contribution >= 4 is 18.3 Å². The van der Waals surface area contributed by atoms with Gasteiger partial charge in [-0.25, -0.2) is 4.39 Å². The van der Waals surface area contributed by atoms with Gasteiger partial charge in [-0.3, -0.25) is 4.79 Å². The molecule has 0 aromatic heterocycles. The van der Waals surface area contributed by atoms with Crippen molar-refractivity contribution in [2.24, 2.45) is 11.7 Å². The molecule has 0 spiro atoms. The molecule has 0 aliphatic heterocycles. The van der Waals surface area contributed by atoms with E-state index in [1.165, 1.54) is 0 Å². The number of hydrogen-bond acceptors (Lipinski definition) is 2. The van der Waals surface area contributed by atoms with Crippen LogP contribution >= 0.6 is 12.4 Å². The third-order valence-corrected chi connectivity index (χ3v) is 3.64. The summed E-state index contributed by atoms with van der Waals surface area (Å²) in [6.07, 6.45) is -4.64. The average molecular weight is 343 g/mol. The Labute approximate surface area is 132 Å². The number of carbonyl (C=O) groups is 1. The first-order valence-electron chi connectivity index (χ1n) is 6.40. The Morgan fingerprint density at radius 1 is 1.32 bits per heavy atom. The highest BCUT2D eigenvalue weighted by Gasteiger charge is 2.33. The van der Waals surface area contributed by atoms with Crippen molar-refractivity contribution < 1.29 is 22.4 Å². The third kappa shape index (κ3) is 4.58. The van der Waals surface area contributed by atoms with E-state index in [9.17, 15) is 22.4 Å². The highest BCUT2D eigenvalue weighted by molar-refractivity contribution is 5.95. The van der Waals surface area contributed by atoms with Crippen LogP contribution in [-0.2, 0) is 6.18 Å². The molecule has 1 aromatic rings. The largest absolute Gasteiger partial charge is 0.416 e. The first-order chi connectivity index (χ1) is 9.51. The van der Waals surface area contributed by atoms with Gasteiger partial charge in [0.25, 0.3) is 5.91 Å². The number of halogens is 5. The standard InChI is InChI=1S/C14H18F4N2O.ClH/c1-8(2)13(3,7-19)20-12(21)10-6-9(14(16,17)18)4-5-11(10)15;/h4-6,8H,7,19H2,1-3H3,(H,20,21);1H. The molecule has 0 heterocycles. The Bertz CT molecular complexity index is 534. The molecule has 0 saturated carbocycles. The van der Waals surface area contributed by atoms with Crippen molar-refractivity contribution in [3.05, 3.63) is 35.1 Å². The maximum atomic E-state index is 13.6. The van der Waals surface area contributed by atoms with E-state index in [4.69, 9.17) is 5.73 Å². The summed E-state index contributed by atoms with van der Waals surface area (Å²) < 4.78 is 51.5. The zero-order valence-electron chi connectivity index (χ0n) is 12.4. The van der Waals surface area contributed by atoms with Crippen LogP contribution in [0.3, 0.4) is 0 Å². The van der Waals surface area contributed by atoms with Gasteiger partial charge in [0, 0.05) is 6.54 Å². The molecule has 126 valence electrons. The van der Waals surface area contributed by atoms with Gasteiger partial charge in [0.2, 0.25) is 0 Å². The van der Waals surface area contributed by atoms with E-state index in [0.717, 1.165) is 0 Å². The van der Waals surface area contributed by atoms with Gasteiger partial charge in [0.1, 0.15) is 5.82 Å². The molecule has 1 atom stereocenters. The minimum absolute atomic E-state index is 0. The number of carbonyl (C=O) groups excluding carboxylic acids is 1. The molecular formula is C14H19ClF4N2O. The van der Waals surface area contributed by atoms with E-state index in [0.29, 0.717) is 18.2 Å². The molecule has 0 radical (unpaired) electrons. The van der Waals surface area contributed by atoms with Crippen LogP contribution in [0.5, 0.6) is 0 Å². The fourth-order valence-corrected chi connectivity index (χ4v) is 1.63. The van der Waals surface area contributed by atoms with Crippen LogP contribution < -0.4 is 11.1 Å². The van der Waals surface area contributed by atoms with Crippen LogP contribution in [0.4, 0.5) is 17.6 Å². The molecule has 0 fully saturated rings. The minimum Gasteiger partial charge on any atom is -0.345 e. The zero-order valence-corrected chi connectivity index (χ0v) is 13.2. The molecule has 0 aliphatic carbocycles. The van der Waals surface area contributed by atoms with Crippen molar-refractivity contribution in [2.75, 3.05) is 6.54 Å². The summed E-state index contributed by atoms with van der Waals surface area (Å²) in [6, 6.07) is 1.73. The fraction of sp³-hybridized carbons (Fsp3) is 0.500. The number of nitrogens with two attached hydrogens (primary N) is 1. The minimum atomic E-state index is -4.64. The van der Waals surface area contributed by atoms with E-state index in [1.807, 2.05) is 0 Å². The molecule has 3 N–H and O–H groups in total. The summed E-state index contributed by atoms with van der Waals surface area (Å²) >= 11 is 0. The molecule has 1 amide bonds. The summed E-state index contributed by atoms with van der Waals surface area (Å²) in [5.41, 5.74) is 3.02. The van der Waals surface area contributed by atoms with Crippen molar-refractivity contribution in [3.63, 3.8) is 0 Å². The smallest absolute Gasteiger partial charge is 0.345 e. The number of nitrogens with one attached hydrogen (secondary N) is 1. The molecule has 1 aromatic carbocycles. The van der Waals surface area contributed by atoms with Crippen LogP contribution in [0.25, 0.3) is 0 Å². The molecule has 1 rings (SSSR count). The lowest BCUT2D eigenvalue weighted by molar-refractivity contribution is -0.137. The number of benzene rings is 1. The van der Waals surface area contributed by atoms with E-state index in [1.54, 1.807) is 20.8 Å². The quantitative estimate of drug-likeness (QED) is 0.824. The predicted octanol–water partition coefficient (Wildman–Crippen LogP) is 3.37. The van der Waals surface area contributed by atoms with Crippen molar-refractivity contribution in [2.45, 2.75) is 32.5 Å². The van der Waals surface area contributed by atoms with Gasteiger partial charge in [-0.15, -0.1) is 12.4 Å². The number of rotatable bonds is 4. The maximum Gasteiger partial charge on any atom is 0.416 e. The topological polar surface area (TPSA) is 55.1 Å². The number of alkyl halides is 3. The zero-order chi connectivity index (χ0) is 16.4. The van der Waals surface area contributed by atoms with Gasteiger partial charge in [0.05, 0.1) is 16.7 Å². The highest BCUT2D eigenvalue weighted by Crippen LogP contribution is 2.30. The molecular weight excluding hydrogens is 324 g/mol. The fourth-order valence-electron chi connectivity index (χ4n) is 1.63. The van der Waals surface area contributed by atoms with Crippen LogP contribution in [0.15, 0.2) is 18.2 Å². The molecule has 8 heteroatoms. The molecule has 0 aliphatic rings. The number of hydrogen-bond donors (Lipinski definition) is 2. The SMILES string of the molecule is CC(C)C(C)(CN)NC(=O)c1cc(C(F)(F)F)ccc1F.Cl. The lowest BCUT2D eigenvalue weighted by atomic mass is 9.88. The first kappa shape index (κ1) is 20.7. The first-order valence-corrected chi connectivity index (χ1v) is 6.40. The summed E-state index contributed by atoms with van der Waals surface area (Å²) in [5.74, 6) is -2.00. The second-order valence-electron chi connectivity index (χ2n) is 5.42. The summed E-state index contributed by atoms with van der Waals surface area (Å²) in [5, 5.41) is 2.51. The van der Waals surface area contributed by atoms with Gasteiger partial charge < -0.3 is 11.1 Å². The van der Waals surface area contributed by atoms with Crippen LogP contribution in [0.2, 0.25) is 0 Å². The molecule has 3 nitrogen and oxygen atoms in total. The molecule has 1 unspecified atom stereocenters. The lowest BCUT2D eigenvalue weighted by Gasteiger charge is -2.33. The normalized spacial score (nSPS) is 14.2. The van der Waals surface area contributed by atoms with Gasteiger partial charge in [-0.1, -0.05) is 13.8 Å². The van der Waals surface area contributed by atoms with Gasteiger partial charge in [-0.2, -0.15) is 13.2 Å². The van der Waals surface area contributed by atoms with E-state index >= 15 is 0 Å². The molecule has 0 bridgehead atoms. The van der Waals surface area contributed by atoms with Crippen molar-refractivity contribution in [1.29, 1.82) is 0 Å². The Kier molecular flexibility index (Phi) is 6.84. The summed E-state index contributed by atoms with van der Waals surface area (Å²) in [7, 11) is 0. The Morgan fingerprint density at radius 2 is 1.86 bits per heavy atom. The average Bonchev–Trinajstić information content (AvgIpc) is 2.37. The van der Waals surface area contributed by atoms with Gasteiger partial charge in [-0.05, 0) is 31.0 Å². The monoisotopic (exact) mass is 342 g/mol. The Morgan fingerprint density at radius 3 is 2.27 bits per heavy atom. The molecule has 0 saturated heterocycles. The Hall–Kier alpha value is -1.34. The second kappa shape index (κ2) is 7.28. The Balaban J connectivity index is 0.00000441. The van der Waals surface area contributed by atoms with Crippen molar-refractivity contribution in [3.8, 4) is 0 Å². The predicted molar refractivity (Wildman–Crippen MR) is 78.4 cm³/mol. The van der Waals surface area contributed by atoms with Crippen molar-refractivity contribution in [1.82, 2.24) is 5.32 Å². The van der Waals surface area contributed by atoms with E-state index in [-0.39, 0.29) is 24.9 Å². The van der Waals surface area contributed by atoms with E-state index in [2.05, 4.69) is 5.32 Å². The van der Waals surface area contributed by atoms with Crippen LogP contribution in [0, 0.1) is 11.7 Å². The van der Waals surface area contributed by atoms with Gasteiger partial charge in [0.15, 0.2) is 0 Å². The summed E-state index contributed by atoms with van der Waals surface area (Å²) in [6.45, 7) is 5.34. The second-order valence-corrected chi connectivity index (χ2v) is 5.42. The maximum absolute atomic E-state index is 13.6. The summed E-state index contributed by atoms with van der Waals surface area (Å²) in [4.78, 5) is 12.0. The van der Waals surface area contributed by atoms with Crippen LogP contribution in [0.1, 0.15) is 36.7 Å².